The number of thioether (sulfide) groups is 1. The van der Waals surface area contributed by atoms with Gasteiger partial charge in [0.15, 0.2) is 5.78 Å². The molecule has 1 N–H and O–H groups in total. The third-order valence-electron chi connectivity index (χ3n) is 5.58. The number of nitrogens with one attached hydrogen (secondary N) is 1. The number of hydrogen-bond donors (Lipinski definition) is 1. The van der Waals surface area contributed by atoms with Gasteiger partial charge in [-0.15, -0.1) is 5.10 Å². The van der Waals surface area contributed by atoms with Crippen LogP contribution in [0.5, 0.6) is 5.75 Å². The average molecular weight is 517 g/mol. The second-order valence-corrected chi connectivity index (χ2v) is 9.92. The molecule has 6 nitrogen and oxygen atoms in total. The molecular formula is C25H26Cl2N4O2S. The summed E-state index contributed by atoms with van der Waals surface area (Å²) < 4.78 is 7.72. The molecule has 2 heterocycles. The van der Waals surface area contributed by atoms with Crippen LogP contribution in [0.1, 0.15) is 50.8 Å². The van der Waals surface area contributed by atoms with Crippen LogP contribution in [0.25, 0.3) is 0 Å². The summed E-state index contributed by atoms with van der Waals surface area (Å²) in [5.41, 5.74) is 3.12. The van der Waals surface area contributed by atoms with Crippen molar-refractivity contribution in [3.05, 3.63) is 74.9 Å². The minimum atomic E-state index is -0.367. The molecule has 0 spiro atoms. The van der Waals surface area contributed by atoms with E-state index in [1.54, 1.807) is 41.6 Å². The Morgan fingerprint density at radius 3 is 2.53 bits per heavy atom. The number of Topliss-reactive ketones (excluding diaryl/α,β-unsaturated/α-hetero) is 1. The summed E-state index contributed by atoms with van der Waals surface area (Å²) in [6.45, 7) is 5.90. The maximum Gasteiger partial charge on any atom is 0.227 e. The molecule has 4 rings (SSSR count). The Bertz CT molecular complexity index is 1200. The number of nitrogens with zero attached hydrogens (tertiary/aromatic N) is 3. The molecule has 0 amide bonds. The van der Waals surface area contributed by atoms with Crippen LogP contribution in [0, 0.1) is 0 Å². The van der Waals surface area contributed by atoms with Crippen molar-refractivity contribution in [2.45, 2.75) is 51.4 Å². The van der Waals surface area contributed by atoms with Crippen LogP contribution in [0.4, 0.5) is 5.95 Å². The van der Waals surface area contributed by atoms with Crippen LogP contribution in [0.2, 0.25) is 10.0 Å². The highest BCUT2D eigenvalue weighted by Gasteiger charge is 2.32. The highest BCUT2D eigenvalue weighted by atomic mass is 35.5. The van der Waals surface area contributed by atoms with E-state index in [2.05, 4.69) is 17.2 Å². The minimum absolute atomic E-state index is 0.00924. The van der Waals surface area contributed by atoms with Crippen molar-refractivity contribution in [3.8, 4) is 5.75 Å². The molecule has 1 aliphatic rings. The van der Waals surface area contributed by atoms with Gasteiger partial charge in [0.2, 0.25) is 11.1 Å². The standard InChI is InChI=1S/C25H26Cl2N4O2S/c1-4-5-13-34-25-29-24-28-15(2)22(16(3)32)23(31(24)30-25)17-9-11-18(12-10-17)33-14-19-20(26)7-6-8-21(19)27/h6-12,23H,4-5,13-14H2,1-3H3,(H,28,29,30). The monoisotopic (exact) mass is 516 g/mol. The van der Waals surface area contributed by atoms with E-state index in [-0.39, 0.29) is 18.4 Å². The molecule has 1 atom stereocenters. The normalized spacial score (nSPS) is 15.1. The number of allylic oxidation sites excluding steroid dienone is 2. The number of ether oxygens (including phenoxy) is 1. The lowest BCUT2D eigenvalue weighted by Crippen LogP contribution is -2.27. The average Bonchev–Trinajstić information content (AvgIpc) is 3.20. The molecule has 0 bridgehead atoms. The lowest BCUT2D eigenvalue weighted by Gasteiger charge is -2.28. The first-order chi connectivity index (χ1) is 16.4. The predicted molar refractivity (Wildman–Crippen MR) is 138 cm³/mol. The molecule has 0 radical (unpaired) electrons. The van der Waals surface area contributed by atoms with E-state index in [1.807, 2.05) is 31.2 Å². The quantitative estimate of drug-likeness (QED) is 0.245. The summed E-state index contributed by atoms with van der Waals surface area (Å²) in [7, 11) is 0. The van der Waals surface area contributed by atoms with Gasteiger partial charge in [-0.25, -0.2) is 4.68 Å². The zero-order chi connectivity index (χ0) is 24.2. The molecular weight excluding hydrogens is 491 g/mol. The molecule has 178 valence electrons. The van der Waals surface area contributed by atoms with Crippen LogP contribution < -0.4 is 10.1 Å². The van der Waals surface area contributed by atoms with Gasteiger partial charge in [-0.3, -0.25) is 4.79 Å². The van der Waals surface area contributed by atoms with Gasteiger partial charge in [-0.05, 0) is 50.1 Å². The summed E-state index contributed by atoms with van der Waals surface area (Å²) in [6, 6.07) is 12.7. The highest BCUT2D eigenvalue weighted by molar-refractivity contribution is 7.99. The van der Waals surface area contributed by atoms with E-state index in [0.29, 0.717) is 32.5 Å². The number of carbonyl (C=O) groups excluding carboxylic acids is 1. The maximum absolute atomic E-state index is 12.6. The third-order valence-corrected chi connectivity index (χ3v) is 7.21. The Morgan fingerprint density at radius 1 is 1.18 bits per heavy atom. The summed E-state index contributed by atoms with van der Waals surface area (Å²) in [6.07, 6.45) is 2.22. The first-order valence-corrected chi connectivity index (χ1v) is 12.9. The SMILES string of the molecule is CCCCSc1nc2n(n1)C(c1ccc(OCc3c(Cl)cccc3Cl)cc1)C(C(C)=O)=C(C)N2. The number of aromatic nitrogens is 3. The van der Waals surface area contributed by atoms with Crippen LogP contribution in [0.3, 0.4) is 0 Å². The molecule has 9 heteroatoms. The Kier molecular flexibility index (Phi) is 7.86. The fourth-order valence-corrected chi connectivity index (χ4v) is 5.26. The van der Waals surface area contributed by atoms with Crippen molar-refractivity contribution in [3.63, 3.8) is 0 Å². The van der Waals surface area contributed by atoms with Gasteiger partial charge in [-0.2, -0.15) is 4.98 Å². The van der Waals surface area contributed by atoms with Gasteiger partial charge in [0.05, 0.1) is 0 Å². The number of anilines is 1. The number of benzene rings is 2. The highest BCUT2D eigenvalue weighted by Crippen LogP contribution is 2.37. The van der Waals surface area contributed by atoms with Crippen molar-refractivity contribution in [1.29, 1.82) is 0 Å². The van der Waals surface area contributed by atoms with E-state index in [4.69, 9.17) is 33.0 Å². The third kappa shape index (κ3) is 5.27. The molecule has 2 aromatic carbocycles. The van der Waals surface area contributed by atoms with Gasteiger partial charge >= 0.3 is 0 Å². The molecule has 0 aliphatic carbocycles. The van der Waals surface area contributed by atoms with Gasteiger partial charge in [0, 0.05) is 32.6 Å². The Balaban J connectivity index is 1.59. The van der Waals surface area contributed by atoms with Crippen LogP contribution >= 0.6 is 35.0 Å². The number of unbranched alkanes of at least 4 members (excludes halogenated alkanes) is 1. The number of halogens is 2. The molecule has 0 saturated heterocycles. The summed E-state index contributed by atoms with van der Waals surface area (Å²) in [5, 5.41) is 9.81. The molecule has 1 aromatic heterocycles. The smallest absolute Gasteiger partial charge is 0.227 e. The van der Waals surface area contributed by atoms with E-state index in [0.717, 1.165) is 35.4 Å². The van der Waals surface area contributed by atoms with Crippen molar-refractivity contribution < 1.29 is 9.53 Å². The number of rotatable bonds is 9. The van der Waals surface area contributed by atoms with Crippen molar-refractivity contribution >= 4 is 46.7 Å². The fourth-order valence-electron chi connectivity index (χ4n) is 3.84. The summed E-state index contributed by atoms with van der Waals surface area (Å²) >= 11 is 14.1. The van der Waals surface area contributed by atoms with Gasteiger partial charge in [-0.1, -0.05) is 66.5 Å². The van der Waals surface area contributed by atoms with Crippen LogP contribution in [0.15, 0.2) is 58.9 Å². The molecule has 1 unspecified atom stereocenters. The van der Waals surface area contributed by atoms with Gasteiger partial charge < -0.3 is 10.1 Å². The lowest BCUT2D eigenvalue weighted by molar-refractivity contribution is -0.114. The number of ketones is 1. The van der Waals surface area contributed by atoms with Crippen molar-refractivity contribution in [2.75, 3.05) is 11.1 Å². The zero-order valence-corrected chi connectivity index (χ0v) is 21.6. The minimum Gasteiger partial charge on any atom is -0.489 e. The topological polar surface area (TPSA) is 69.0 Å². The Hall–Kier alpha value is -2.48. The fraction of sp³-hybridized carbons (Fsp3) is 0.320. The van der Waals surface area contributed by atoms with E-state index >= 15 is 0 Å². The molecule has 0 fully saturated rings. The van der Waals surface area contributed by atoms with Crippen LogP contribution in [-0.2, 0) is 11.4 Å². The number of hydrogen-bond acceptors (Lipinski definition) is 6. The molecule has 0 saturated carbocycles. The lowest BCUT2D eigenvalue weighted by atomic mass is 9.93. The zero-order valence-electron chi connectivity index (χ0n) is 19.3. The number of fused-ring (bicyclic) bond motifs is 1. The van der Waals surface area contributed by atoms with Crippen molar-refractivity contribution in [2.24, 2.45) is 0 Å². The second kappa shape index (κ2) is 10.8. The van der Waals surface area contributed by atoms with Crippen molar-refractivity contribution in [1.82, 2.24) is 14.8 Å². The van der Waals surface area contributed by atoms with Gasteiger partial charge in [0.25, 0.3) is 0 Å². The summed E-state index contributed by atoms with van der Waals surface area (Å²) in [4.78, 5) is 17.2. The molecule has 1 aliphatic heterocycles. The van der Waals surface area contributed by atoms with E-state index < -0.39 is 0 Å². The first kappa shape index (κ1) is 24.6. The number of carbonyl (C=O) groups is 1. The summed E-state index contributed by atoms with van der Waals surface area (Å²) in [5.74, 6) is 2.26. The largest absolute Gasteiger partial charge is 0.489 e. The predicted octanol–water partition coefficient (Wildman–Crippen LogP) is 6.93. The molecule has 34 heavy (non-hydrogen) atoms. The van der Waals surface area contributed by atoms with E-state index in [9.17, 15) is 4.79 Å². The van der Waals surface area contributed by atoms with Gasteiger partial charge in [0.1, 0.15) is 18.4 Å². The Labute approximate surface area is 213 Å². The second-order valence-electron chi connectivity index (χ2n) is 8.04. The Morgan fingerprint density at radius 2 is 1.88 bits per heavy atom. The molecule has 3 aromatic rings. The first-order valence-electron chi connectivity index (χ1n) is 11.1. The van der Waals surface area contributed by atoms with Crippen LogP contribution in [-0.4, -0.2) is 26.3 Å². The van der Waals surface area contributed by atoms with E-state index in [1.165, 1.54) is 0 Å². The maximum atomic E-state index is 12.6.